The summed E-state index contributed by atoms with van der Waals surface area (Å²) in [5.41, 5.74) is 1.06. The van der Waals surface area contributed by atoms with Gasteiger partial charge >= 0.3 is 12.1 Å². The third-order valence-electron chi connectivity index (χ3n) is 8.97. The quantitative estimate of drug-likeness (QED) is 0.809. The van der Waals surface area contributed by atoms with Gasteiger partial charge in [-0.3, -0.25) is 14.6 Å². The fourth-order valence-electron chi connectivity index (χ4n) is 8.46. The summed E-state index contributed by atoms with van der Waals surface area (Å²) in [6.07, 6.45) is 5.18. The second-order valence-electron chi connectivity index (χ2n) is 9.47. The monoisotopic (exact) mass is 382 g/mol. The lowest BCUT2D eigenvalue weighted by atomic mass is 9.38. The van der Waals surface area contributed by atoms with Crippen LogP contribution in [0.1, 0.15) is 44.1 Å². The number of carbonyl (C=O) groups excluding carboxylic acids is 1. The number of carboxylic acid groups (broad SMARTS) is 1. The lowest BCUT2D eigenvalue weighted by Gasteiger charge is -2.69. The molecule has 1 aromatic rings. The van der Waals surface area contributed by atoms with Gasteiger partial charge in [0.15, 0.2) is 0 Å². The van der Waals surface area contributed by atoms with Gasteiger partial charge < -0.3 is 9.84 Å². The number of ether oxygens (including phenoxy) is 1. The maximum absolute atomic E-state index is 13.1. The fraction of sp³-hybridized carbons (Fsp3) is 0.636. The number of hydrogen-bond donors (Lipinski definition) is 1. The minimum absolute atomic E-state index is 0.0544. The van der Waals surface area contributed by atoms with Crippen molar-refractivity contribution < 1.29 is 19.4 Å². The number of nitrogens with zero attached hydrogens (tertiary/aromatic N) is 2. The van der Waals surface area contributed by atoms with E-state index in [9.17, 15) is 14.7 Å². The number of rotatable bonds is 1. The van der Waals surface area contributed by atoms with Crippen LogP contribution in [0.25, 0.3) is 0 Å². The summed E-state index contributed by atoms with van der Waals surface area (Å²) in [4.78, 5) is 30.1. The second-order valence-corrected chi connectivity index (χ2v) is 9.47. The molecule has 1 N–H and O–H groups in total. The number of carboxylic acids is 1. The molecule has 1 aromatic carbocycles. The largest absolute Gasteiger partial charge is 0.481 e. The van der Waals surface area contributed by atoms with E-state index in [0.717, 1.165) is 50.9 Å². The number of hydrogen-bond acceptors (Lipinski definition) is 4. The van der Waals surface area contributed by atoms with Crippen LogP contribution in [0.5, 0.6) is 0 Å². The molecule has 0 radical (unpaired) electrons. The molecule has 6 heteroatoms. The Hall–Kier alpha value is -2.08. The molecular weight excluding hydrogens is 356 g/mol. The van der Waals surface area contributed by atoms with Crippen LogP contribution in [0, 0.1) is 11.3 Å². The van der Waals surface area contributed by atoms with E-state index in [0.29, 0.717) is 12.5 Å². The van der Waals surface area contributed by atoms with Gasteiger partial charge in [-0.2, -0.15) is 0 Å². The summed E-state index contributed by atoms with van der Waals surface area (Å²) in [7, 11) is 1.40. The van der Waals surface area contributed by atoms with E-state index < -0.39 is 23.5 Å². The van der Waals surface area contributed by atoms with Crippen LogP contribution in [-0.2, 0) is 14.9 Å². The minimum atomic E-state index is -0.761. The van der Waals surface area contributed by atoms with E-state index in [1.165, 1.54) is 12.7 Å². The zero-order chi connectivity index (χ0) is 19.3. The molecule has 3 aliphatic carbocycles. The SMILES string of the molecule is COC(=O)N1c2ccccc2[C@@]23CCN4CCC[C@]5(CC[C@]12[C@@H](C(=O)O)C5)[C@H]43. The van der Waals surface area contributed by atoms with Gasteiger partial charge in [-0.15, -0.1) is 0 Å². The predicted molar refractivity (Wildman–Crippen MR) is 102 cm³/mol. The van der Waals surface area contributed by atoms with Gasteiger partial charge in [0.25, 0.3) is 0 Å². The first-order valence-corrected chi connectivity index (χ1v) is 10.5. The average molecular weight is 382 g/mol. The van der Waals surface area contributed by atoms with Gasteiger partial charge in [-0.1, -0.05) is 18.2 Å². The molecule has 28 heavy (non-hydrogen) atoms. The van der Waals surface area contributed by atoms with Crippen molar-refractivity contribution in [2.24, 2.45) is 11.3 Å². The van der Waals surface area contributed by atoms with Crippen LogP contribution in [0.4, 0.5) is 10.5 Å². The molecule has 5 fully saturated rings. The lowest BCUT2D eigenvalue weighted by Crippen LogP contribution is -2.79. The van der Waals surface area contributed by atoms with Crippen LogP contribution in [0.2, 0.25) is 0 Å². The second kappa shape index (κ2) is 5.09. The number of amides is 1. The Morgan fingerprint density at radius 2 is 1.96 bits per heavy atom. The zero-order valence-corrected chi connectivity index (χ0v) is 16.2. The molecule has 2 bridgehead atoms. The molecule has 3 saturated carbocycles. The Labute approximate surface area is 164 Å². The van der Waals surface area contributed by atoms with Crippen molar-refractivity contribution in [3.8, 4) is 0 Å². The van der Waals surface area contributed by atoms with Crippen LogP contribution in [-0.4, -0.2) is 53.8 Å². The number of anilines is 1. The Morgan fingerprint density at radius 1 is 1.14 bits per heavy atom. The number of para-hydroxylation sites is 1. The predicted octanol–water partition coefficient (Wildman–Crippen LogP) is 3.00. The summed E-state index contributed by atoms with van der Waals surface area (Å²) in [5, 5.41) is 10.4. The molecule has 6 nitrogen and oxygen atoms in total. The smallest absolute Gasteiger partial charge is 0.414 e. The first-order valence-electron chi connectivity index (χ1n) is 10.5. The first kappa shape index (κ1) is 16.8. The van der Waals surface area contributed by atoms with Crippen molar-refractivity contribution in [1.29, 1.82) is 0 Å². The van der Waals surface area contributed by atoms with Crippen molar-refractivity contribution in [3.05, 3.63) is 29.8 Å². The molecule has 0 unspecified atom stereocenters. The van der Waals surface area contributed by atoms with E-state index >= 15 is 0 Å². The van der Waals surface area contributed by atoms with E-state index in [2.05, 4.69) is 11.0 Å². The standard InChI is InChI=1S/C22H26N2O4/c1-28-19(27)24-16-6-3-2-5-14(16)21-10-12-23-11-4-7-20(18(21)23)8-9-22(21,24)15(13-20)17(25)26/h2-3,5-6,15,18H,4,7-13H2,1H3,(H,25,26)/t15-,18+,20-,21-,22-/m1/s1. The van der Waals surface area contributed by atoms with Gasteiger partial charge in [-0.25, -0.2) is 4.79 Å². The Kier molecular flexibility index (Phi) is 3.06. The van der Waals surface area contributed by atoms with Gasteiger partial charge in [0, 0.05) is 11.5 Å². The van der Waals surface area contributed by atoms with Crippen molar-refractivity contribution >= 4 is 17.7 Å². The maximum Gasteiger partial charge on any atom is 0.414 e. The molecular formula is C22H26N2O4. The first-order chi connectivity index (χ1) is 13.5. The lowest BCUT2D eigenvalue weighted by molar-refractivity contribution is -0.171. The topological polar surface area (TPSA) is 70.1 Å². The Balaban J connectivity index is 1.70. The molecule has 3 heterocycles. The highest BCUT2D eigenvalue weighted by Crippen LogP contribution is 2.75. The van der Waals surface area contributed by atoms with Crippen LogP contribution in [0.15, 0.2) is 24.3 Å². The molecule has 7 rings (SSSR count). The number of piperidine rings is 1. The third kappa shape index (κ3) is 1.52. The number of carbonyl (C=O) groups is 2. The normalized spacial score (nSPS) is 42.7. The fourth-order valence-corrected chi connectivity index (χ4v) is 8.46. The Bertz CT molecular complexity index is 902. The number of fused-ring (bicyclic) bond motifs is 3. The average Bonchev–Trinajstić information content (AvgIpc) is 3.23. The van der Waals surface area contributed by atoms with Gasteiger partial charge in [0.05, 0.1) is 24.3 Å². The molecule has 2 saturated heterocycles. The molecule has 6 aliphatic rings. The summed E-state index contributed by atoms with van der Waals surface area (Å²) in [5.74, 6) is -1.32. The molecule has 1 amide bonds. The zero-order valence-electron chi connectivity index (χ0n) is 16.2. The molecule has 3 aliphatic heterocycles. The van der Waals surface area contributed by atoms with Crippen LogP contribution in [0.3, 0.4) is 0 Å². The van der Waals surface area contributed by atoms with Crippen molar-refractivity contribution in [3.63, 3.8) is 0 Å². The molecule has 0 aromatic heterocycles. The van der Waals surface area contributed by atoms with E-state index in [1.807, 2.05) is 18.2 Å². The highest BCUT2D eigenvalue weighted by Gasteiger charge is 2.81. The van der Waals surface area contributed by atoms with Crippen LogP contribution >= 0.6 is 0 Å². The highest BCUT2D eigenvalue weighted by molar-refractivity contribution is 5.96. The minimum Gasteiger partial charge on any atom is -0.481 e. The number of aliphatic carboxylic acids is 1. The van der Waals surface area contributed by atoms with E-state index in [4.69, 9.17) is 4.74 Å². The van der Waals surface area contributed by atoms with Gasteiger partial charge in [0.1, 0.15) is 0 Å². The van der Waals surface area contributed by atoms with Crippen molar-refractivity contribution in [2.75, 3.05) is 25.1 Å². The Morgan fingerprint density at radius 3 is 2.75 bits per heavy atom. The summed E-state index contributed by atoms with van der Waals surface area (Å²) in [6, 6.07) is 8.45. The number of methoxy groups -OCH3 is 1. The molecule has 5 atom stereocenters. The number of benzene rings is 1. The van der Waals surface area contributed by atoms with Gasteiger partial charge in [-0.05, 0) is 68.7 Å². The van der Waals surface area contributed by atoms with Crippen LogP contribution < -0.4 is 4.90 Å². The highest BCUT2D eigenvalue weighted by atomic mass is 16.5. The van der Waals surface area contributed by atoms with Gasteiger partial charge in [0.2, 0.25) is 0 Å². The summed E-state index contributed by atoms with van der Waals surface area (Å²) < 4.78 is 5.23. The maximum atomic E-state index is 13.1. The summed E-state index contributed by atoms with van der Waals surface area (Å²) in [6.45, 7) is 2.08. The van der Waals surface area contributed by atoms with Crippen molar-refractivity contribution in [2.45, 2.75) is 55.5 Å². The third-order valence-corrected chi connectivity index (χ3v) is 8.97. The summed E-state index contributed by atoms with van der Waals surface area (Å²) >= 11 is 0. The van der Waals surface area contributed by atoms with E-state index in [-0.39, 0.29) is 10.8 Å². The molecule has 3 spiro atoms. The van der Waals surface area contributed by atoms with E-state index in [1.54, 1.807) is 4.90 Å². The van der Waals surface area contributed by atoms with Crippen molar-refractivity contribution in [1.82, 2.24) is 4.90 Å². The molecule has 148 valence electrons.